The molecule has 1 aliphatic carbocycles. The van der Waals surface area contributed by atoms with Gasteiger partial charge < -0.3 is 11.1 Å². The number of hydrogen-bond donors (Lipinski definition) is 2. The first-order chi connectivity index (χ1) is 8.58. The molecule has 0 heterocycles. The topological polar surface area (TPSA) is 55.1 Å². The summed E-state index contributed by atoms with van der Waals surface area (Å²) in [6.45, 7) is 0.730. The van der Waals surface area contributed by atoms with Gasteiger partial charge in [0.05, 0.1) is 10.0 Å². The molecule has 3 nitrogen and oxygen atoms in total. The lowest BCUT2D eigenvalue weighted by molar-refractivity contribution is 0.0943. The summed E-state index contributed by atoms with van der Waals surface area (Å²) in [6.07, 6.45) is 5.75. The molecule has 1 aromatic carbocycles. The second-order valence-electron chi connectivity index (χ2n) is 4.63. The Labute approximate surface area is 120 Å². The molecule has 1 fully saturated rings. The van der Waals surface area contributed by atoms with Gasteiger partial charge in [-0.15, -0.1) is 0 Å². The minimum atomic E-state index is -0.0606. The average molecular weight is 329 g/mol. The number of thioether (sulfide) groups is 1. The molecule has 5 heteroatoms. The largest absolute Gasteiger partial charge is 0.398 e. The monoisotopic (exact) mass is 328 g/mol. The maximum absolute atomic E-state index is 12.1. The number of amides is 1. The van der Waals surface area contributed by atoms with Crippen LogP contribution in [-0.2, 0) is 0 Å². The molecule has 1 amide bonds. The molecular weight excluding hydrogens is 312 g/mol. The lowest BCUT2D eigenvalue weighted by Gasteiger charge is -2.40. The third-order valence-corrected chi connectivity index (χ3v) is 5.85. The molecule has 98 valence electrons. The third kappa shape index (κ3) is 2.67. The minimum Gasteiger partial charge on any atom is -0.398 e. The van der Waals surface area contributed by atoms with Crippen LogP contribution < -0.4 is 11.1 Å². The second-order valence-corrected chi connectivity index (χ2v) is 6.70. The second kappa shape index (κ2) is 5.53. The summed E-state index contributed by atoms with van der Waals surface area (Å²) >= 11 is 5.21. The van der Waals surface area contributed by atoms with Crippen molar-refractivity contribution in [1.82, 2.24) is 5.32 Å². The molecule has 0 atom stereocenters. The van der Waals surface area contributed by atoms with Gasteiger partial charge in [0, 0.05) is 17.0 Å². The molecule has 3 N–H and O–H groups in total. The summed E-state index contributed by atoms with van der Waals surface area (Å²) in [6, 6.07) is 5.35. The Bertz CT molecular complexity index is 455. The molecule has 1 aromatic rings. The maximum Gasteiger partial charge on any atom is 0.252 e. The van der Waals surface area contributed by atoms with Crippen molar-refractivity contribution in [3.8, 4) is 0 Å². The third-order valence-electron chi connectivity index (χ3n) is 3.54. The van der Waals surface area contributed by atoms with Gasteiger partial charge in [0.1, 0.15) is 0 Å². The van der Waals surface area contributed by atoms with Crippen LogP contribution in [0.1, 0.15) is 29.6 Å². The Balaban J connectivity index is 2.02. The van der Waals surface area contributed by atoms with Gasteiger partial charge in [0.2, 0.25) is 0 Å². The van der Waals surface area contributed by atoms with Crippen molar-refractivity contribution in [2.24, 2.45) is 0 Å². The molecule has 0 unspecified atom stereocenters. The zero-order valence-electron chi connectivity index (χ0n) is 10.3. The molecule has 0 bridgehead atoms. The van der Waals surface area contributed by atoms with Gasteiger partial charge in [0.25, 0.3) is 5.91 Å². The lowest BCUT2D eigenvalue weighted by Crippen LogP contribution is -2.45. The number of rotatable bonds is 4. The molecule has 1 aliphatic rings. The number of halogens is 1. The standard InChI is InChI=1S/C13H17BrN2OS/c1-18-13(6-3-7-13)8-16-12(17)9-4-2-5-10(15)11(9)14/h2,4-5H,3,6-8,15H2,1H3,(H,16,17). The van der Waals surface area contributed by atoms with Crippen LogP contribution in [0.25, 0.3) is 0 Å². The predicted octanol–water partition coefficient (Wildman–Crippen LogP) is 3.05. The zero-order valence-corrected chi connectivity index (χ0v) is 12.7. The van der Waals surface area contributed by atoms with E-state index in [4.69, 9.17) is 5.73 Å². The van der Waals surface area contributed by atoms with Crippen molar-refractivity contribution in [3.63, 3.8) is 0 Å². The Hall–Kier alpha value is -0.680. The van der Waals surface area contributed by atoms with Crippen molar-refractivity contribution in [1.29, 1.82) is 0 Å². The van der Waals surface area contributed by atoms with Crippen LogP contribution in [0.2, 0.25) is 0 Å². The molecule has 0 aliphatic heterocycles. The van der Waals surface area contributed by atoms with Crippen molar-refractivity contribution >= 4 is 39.3 Å². The first-order valence-electron chi connectivity index (χ1n) is 5.95. The number of carbonyl (C=O) groups is 1. The van der Waals surface area contributed by atoms with E-state index in [-0.39, 0.29) is 10.7 Å². The Kier molecular flexibility index (Phi) is 4.22. The SMILES string of the molecule is CSC1(CNC(=O)c2cccc(N)c2Br)CCC1. The lowest BCUT2D eigenvalue weighted by atomic mass is 9.84. The van der Waals surface area contributed by atoms with Crippen molar-refractivity contribution < 1.29 is 4.79 Å². The highest BCUT2D eigenvalue weighted by atomic mass is 79.9. The molecule has 0 radical (unpaired) electrons. The molecule has 0 aromatic heterocycles. The highest BCUT2D eigenvalue weighted by molar-refractivity contribution is 9.10. The maximum atomic E-state index is 12.1. The zero-order chi connectivity index (χ0) is 13.2. The van der Waals surface area contributed by atoms with E-state index in [1.807, 2.05) is 11.8 Å². The summed E-state index contributed by atoms with van der Waals surface area (Å²) in [5, 5.41) is 3.02. The summed E-state index contributed by atoms with van der Waals surface area (Å²) in [5.41, 5.74) is 6.96. The van der Waals surface area contributed by atoms with E-state index < -0.39 is 0 Å². The van der Waals surface area contributed by atoms with E-state index >= 15 is 0 Å². The number of benzene rings is 1. The normalized spacial score (nSPS) is 17.0. The van der Waals surface area contributed by atoms with Gasteiger partial charge >= 0.3 is 0 Å². The quantitative estimate of drug-likeness (QED) is 0.835. The molecule has 1 saturated carbocycles. The molecule has 18 heavy (non-hydrogen) atoms. The van der Waals surface area contributed by atoms with Gasteiger partial charge in [-0.25, -0.2) is 0 Å². The number of carbonyl (C=O) groups excluding carboxylic acids is 1. The minimum absolute atomic E-state index is 0.0606. The first-order valence-corrected chi connectivity index (χ1v) is 7.97. The number of anilines is 1. The van der Waals surface area contributed by atoms with E-state index in [0.29, 0.717) is 15.7 Å². The number of nitrogens with two attached hydrogens (primary N) is 1. The van der Waals surface area contributed by atoms with Crippen LogP contribution in [-0.4, -0.2) is 23.5 Å². The van der Waals surface area contributed by atoms with E-state index in [2.05, 4.69) is 27.5 Å². The summed E-state index contributed by atoms with van der Waals surface area (Å²) in [4.78, 5) is 12.1. The van der Waals surface area contributed by atoms with Crippen molar-refractivity contribution in [2.75, 3.05) is 18.5 Å². The van der Waals surface area contributed by atoms with Crippen LogP contribution in [0.3, 0.4) is 0 Å². The van der Waals surface area contributed by atoms with E-state index in [0.717, 1.165) is 6.54 Å². The molecule has 0 spiro atoms. The van der Waals surface area contributed by atoms with Crippen LogP contribution in [0, 0.1) is 0 Å². The Morgan fingerprint density at radius 3 is 2.83 bits per heavy atom. The van der Waals surface area contributed by atoms with Crippen LogP contribution in [0.15, 0.2) is 22.7 Å². The van der Waals surface area contributed by atoms with Crippen molar-refractivity contribution in [2.45, 2.75) is 24.0 Å². The van der Waals surface area contributed by atoms with Crippen LogP contribution in [0.4, 0.5) is 5.69 Å². The average Bonchev–Trinajstić information content (AvgIpc) is 2.31. The predicted molar refractivity (Wildman–Crippen MR) is 81.0 cm³/mol. The van der Waals surface area contributed by atoms with Gasteiger partial charge in [0.15, 0.2) is 0 Å². The fraction of sp³-hybridized carbons (Fsp3) is 0.462. The summed E-state index contributed by atoms with van der Waals surface area (Å²) in [5.74, 6) is -0.0606. The van der Waals surface area contributed by atoms with Gasteiger partial charge in [-0.3, -0.25) is 4.79 Å². The fourth-order valence-electron chi connectivity index (χ4n) is 2.09. The van der Waals surface area contributed by atoms with E-state index in [9.17, 15) is 4.79 Å². The Morgan fingerprint density at radius 1 is 1.56 bits per heavy atom. The fourth-order valence-corrected chi connectivity index (χ4v) is 3.44. The molecule has 0 saturated heterocycles. The van der Waals surface area contributed by atoms with Crippen molar-refractivity contribution in [3.05, 3.63) is 28.2 Å². The Morgan fingerprint density at radius 2 is 2.28 bits per heavy atom. The molecule has 2 rings (SSSR count). The van der Waals surface area contributed by atoms with Crippen LogP contribution in [0.5, 0.6) is 0 Å². The first kappa shape index (κ1) is 13.7. The van der Waals surface area contributed by atoms with Crippen LogP contribution >= 0.6 is 27.7 Å². The van der Waals surface area contributed by atoms with Gasteiger partial charge in [-0.05, 0) is 47.2 Å². The molecular formula is C13H17BrN2OS. The van der Waals surface area contributed by atoms with Gasteiger partial charge in [-0.1, -0.05) is 12.5 Å². The number of hydrogen-bond acceptors (Lipinski definition) is 3. The number of nitrogens with one attached hydrogen (secondary N) is 1. The smallest absolute Gasteiger partial charge is 0.252 e. The van der Waals surface area contributed by atoms with E-state index in [1.165, 1.54) is 19.3 Å². The highest BCUT2D eigenvalue weighted by Crippen LogP contribution is 2.42. The van der Waals surface area contributed by atoms with E-state index in [1.54, 1.807) is 18.2 Å². The number of nitrogen functional groups attached to an aromatic ring is 1. The highest BCUT2D eigenvalue weighted by Gasteiger charge is 2.36. The summed E-state index contributed by atoms with van der Waals surface area (Å²) in [7, 11) is 0. The van der Waals surface area contributed by atoms with Gasteiger partial charge in [-0.2, -0.15) is 11.8 Å². The summed E-state index contributed by atoms with van der Waals surface area (Å²) < 4.78 is 0.928.